The fourth-order valence-electron chi connectivity index (χ4n) is 2.91. The zero-order valence-electron chi connectivity index (χ0n) is 14.2. The Bertz CT molecular complexity index is 729. The molecule has 0 saturated heterocycles. The van der Waals surface area contributed by atoms with Crippen LogP contribution in [0.15, 0.2) is 23.7 Å². The van der Waals surface area contributed by atoms with E-state index in [0.717, 1.165) is 29.2 Å². The number of hydrogen-bond donors (Lipinski definition) is 0. The lowest BCUT2D eigenvalue weighted by molar-refractivity contribution is -0.135. The van der Waals surface area contributed by atoms with Gasteiger partial charge in [0.2, 0.25) is 5.91 Å². The summed E-state index contributed by atoms with van der Waals surface area (Å²) >= 11 is 1.65. The van der Waals surface area contributed by atoms with Crippen LogP contribution in [0.4, 0.5) is 0 Å². The first-order valence-corrected chi connectivity index (χ1v) is 8.90. The average Bonchev–Trinajstić information content (AvgIpc) is 3.02. The van der Waals surface area contributed by atoms with Crippen LogP contribution < -0.4 is 9.47 Å². The van der Waals surface area contributed by atoms with Crippen LogP contribution in [0.25, 0.3) is 0 Å². The summed E-state index contributed by atoms with van der Waals surface area (Å²) in [6.45, 7) is 3.14. The third-order valence-corrected chi connectivity index (χ3v) is 5.41. The molecule has 2 aromatic rings. The van der Waals surface area contributed by atoms with Gasteiger partial charge in [0.25, 0.3) is 0 Å². The zero-order chi connectivity index (χ0) is 17.1. The third kappa shape index (κ3) is 3.53. The lowest BCUT2D eigenvalue weighted by Gasteiger charge is -2.28. The van der Waals surface area contributed by atoms with Gasteiger partial charge >= 0.3 is 0 Å². The number of likely N-dealkylation sites (N-methyl/N-ethyl adjacent to an activating group) is 1. The van der Waals surface area contributed by atoms with Crippen LogP contribution in [-0.4, -0.2) is 43.1 Å². The fourth-order valence-corrected chi connectivity index (χ4v) is 3.68. The van der Waals surface area contributed by atoms with E-state index in [0.29, 0.717) is 19.6 Å². The number of nitrogens with zero attached hydrogens (tertiary/aromatic N) is 2. The Morgan fingerprint density at radius 1 is 1.50 bits per heavy atom. The van der Waals surface area contributed by atoms with Gasteiger partial charge < -0.3 is 14.4 Å². The topological polar surface area (TPSA) is 51.7 Å². The van der Waals surface area contributed by atoms with Gasteiger partial charge in [0.15, 0.2) is 0 Å². The number of hydrogen-bond acceptors (Lipinski definition) is 5. The molecule has 6 heteroatoms. The Hall–Kier alpha value is -2.08. The molecular weight excluding hydrogens is 324 g/mol. The Balaban J connectivity index is 1.61. The molecule has 3 rings (SSSR count). The quantitative estimate of drug-likeness (QED) is 0.835. The molecule has 0 spiro atoms. The molecule has 5 nitrogen and oxygen atoms in total. The second kappa shape index (κ2) is 7.21. The van der Waals surface area contributed by atoms with Crippen molar-refractivity contribution in [1.82, 2.24) is 9.88 Å². The van der Waals surface area contributed by atoms with Crippen LogP contribution in [0.2, 0.25) is 0 Å². The number of ether oxygens (including phenoxy) is 2. The van der Waals surface area contributed by atoms with Gasteiger partial charge in [-0.25, -0.2) is 4.98 Å². The SMILES string of the molecule is COc1ccc2c(c1)CC(C(=O)N(C)CCc1scnc1C)CO2. The van der Waals surface area contributed by atoms with Gasteiger partial charge in [-0.15, -0.1) is 11.3 Å². The van der Waals surface area contributed by atoms with Crippen molar-refractivity contribution >= 4 is 17.2 Å². The van der Waals surface area contributed by atoms with Crippen molar-refractivity contribution < 1.29 is 14.3 Å². The van der Waals surface area contributed by atoms with Crippen LogP contribution in [0.1, 0.15) is 16.1 Å². The molecule has 1 aromatic heterocycles. The van der Waals surface area contributed by atoms with Crippen molar-refractivity contribution in [3.63, 3.8) is 0 Å². The number of aromatic nitrogens is 1. The van der Waals surface area contributed by atoms with Gasteiger partial charge in [0.1, 0.15) is 18.1 Å². The molecule has 0 radical (unpaired) electrons. The molecule has 1 aromatic carbocycles. The maximum absolute atomic E-state index is 12.7. The van der Waals surface area contributed by atoms with Gasteiger partial charge in [0, 0.05) is 24.9 Å². The van der Waals surface area contributed by atoms with E-state index in [-0.39, 0.29) is 11.8 Å². The number of carbonyl (C=O) groups excluding carboxylic acids is 1. The normalized spacial score (nSPS) is 16.2. The molecule has 1 unspecified atom stereocenters. The molecule has 0 aliphatic carbocycles. The highest BCUT2D eigenvalue weighted by Gasteiger charge is 2.28. The van der Waals surface area contributed by atoms with Crippen LogP contribution in [0.3, 0.4) is 0 Å². The maximum atomic E-state index is 12.7. The van der Waals surface area contributed by atoms with E-state index in [1.54, 1.807) is 23.3 Å². The van der Waals surface area contributed by atoms with Crippen LogP contribution >= 0.6 is 11.3 Å². The van der Waals surface area contributed by atoms with Gasteiger partial charge in [-0.05, 0) is 37.1 Å². The number of benzene rings is 1. The van der Waals surface area contributed by atoms with Crippen molar-refractivity contribution in [1.29, 1.82) is 0 Å². The second-order valence-electron chi connectivity index (χ2n) is 6.06. The molecule has 24 heavy (non-hydrogen) atoms. The highest BCUT2D eigenvalue weighted by molar-refractivity contribution is 7.09. The summed E-state index contributed by atoms with van der Waals surface area (Å²) in [5, 5.41) is 0. The summed E-state index contributed by atoms with van der Waals surface area (Å²) in [4.78, 5) is 20.0. The van der Waals surface area contributed by atoms with Gasteiger partial charge in [-0.2, -0.15) is 0 Å². The number of rotatable bonds is 5. The van der Waals surface area contributed by atoms with Crippen molar-refractivity contribution in [2.24, 2.45) is 5.92 Å². The predicted octanol–water partition coefficient (Wildman–Crippen LogP) is 2.71. The number of fused-ring (bicyclic) bond motifs is 1. The lowest BCUT2D eigenvalue weighted by atomic mass is 9.95. The largest absolute Gasteiger partial charge is 0.497 e. The van der Waals surface area contributed by atoms with Gasteiger partial charge in [0.05, 0.1) is 24.2 Å². The number of methoxy groups -OCH3 is 1. The highest BCUT2D eigenvalue weighted by atomic mass is 32.1. The summed E-state index contributed by atoms with van der Waals surface area (Å²) in [5.41, 5.74) is 3.94. The summed E-state index contributed by atoms with van der Waals surface area (Å²) in [7, 11) is 3.50. The molecule has 0 N–H and O–H groups in total. The summed E-state index contributed by atoms with van der Waals surface area (Å²) < 4.78 is 11.0. The number of carbonyl (C=O) groups is 1. The van der Waals surface area contributed by atoms with Crippen molar-refractivity contribution in [2.45, 2.75) is 19.8 Å². The van der Waals surface area contributed by atoms with Crippen LogP contribution in [0.5, 0.6) is 11.5 Å². The van der Waals surface area contributed by atoms with Crippen molar-refractivity contribution in [2.75, 3.05) is 27.3 Å². The van der Waals surface area contributed by atoms with Gasteiger partial charge in [-0.3, -0.25) is 4.79 Å². The molecule has 0 fully saturated rings. The monoisotopic (exact) mass is 346 g/mol. The molecule has 0 bridgehead atoms. The smallest absolute Gasteiger partial charge is 0.229 e. The summed E-state index contributed by atoms with van der Waals surface area (Å²) in [6.07, 6.45) is 1.53. The molecule has 0 saturated carbocycles. The second-order valence-corrected chi connectivity index (χ2v) is 7.00. The molecule has 1 atom stereocenters. The minimum Gasteiger partial charge on any atom is -0.497 e. The Morgan fingerprint density at radius 2 is 2.33 bits per heavy atom. The molecular formula is C18H22N2O3S. The van der Waals surface area contributed by atoms with E-state index in [9.17, 15) is 4.79 Å². The van der Waals surface area contributed by atoms with E-state index in [1.165, 1.54) is 4.88 Å². The number of aryl methyl sites for hydroxylation is 1. The molecule has 128 valence electrons. The first-order valence-electron chi connectivity index (χ1n) is 8.02. The van der Waals surface area contributed by atoms with Crippen LogP contribution in [-0.2, 0) is 17.6 Å². The summed E-state index contributed by atoms with van der Waals surface area (Å²) in [5.74, 6) is 1.63. The Kier molecular flexibility index (Phi) is 5.04. The van der Waals surface area contributed by atoms with E-state index in [1.807, 2.05) is 37.7 Å². The first-order chi connectivity index (χ1) is 11.6. The lowest BCUT2D eigenvalue weighted by Crippen LogP contribution is -2.39. The molecule has 1 aliphatic heterocycles. The third-order valence-electron chi connectivity index (χ3n) is 4.42. The first kappa shape index (κ1) is 16.8. The van der Waals surface area contributed by atoms with E-state index >= 15 is 0 Å². The number of thiazole rings is 1. The number of amides is 1. The van der Waals surface area contributed by atoms with Crippen LogP contribution in [0, 0.1) is 12.8 Å². The van der Waals surface area contributed by atoms with E-state index in [4.69, 9.17) is 9.47 Å². The highest BCUT2D eigenvalue weighted by Crippen LogP contribution is 2.31. The maximum Gasteiger partial charge on any atom is 0.229 e. The van der Waals surface area contributed by atoms with E-state index in [2.05, 4.69) is 4.98 Å². The minimum atomic E-state index is -0.142. The Morgan fingerprint density at radius 3 is 3.04 bits per heavy atom. The minimum absolute atomic E-state index is 0.130. The van der Waals surface area contributed by atoms with Crippen molar-refractivity contribution in [3.8, 4) is 11.5 Å². The fraction of sp³-hybridized carbons (Fsp3) is 0.444. The Labute approximate surface area is 146 Å². The zero-order valence-corrected chi connectivity index (χ0v) is 15.1. The predicted molar refractivity (Wildman–Crippen MR) is 93.9 cm³/mol. The molecule has 2 heterocycles. The van der Waals surface area contributed by atoms with Crippen molar-refractivity contribution in [3.05, 3.63) is 39.8 Å². The summed E-state index contributed by atoms with van der Waals surface area (Å²) in [6, 6.07) is 5.74. The van der Waals surface area contributed by atoms with Gasteiger partial charge in [-0.1, -0.05) is 0 Å². The van der Waals surface area contributed by atoms with E-state index < -0.39 is 0 Å². The molecule has 1 amide bonds. The average molecular weight is 346 g/mol. The standard InChI is InChI=1S/C18H22N2O3S/c1-12-17(24-11-19-12)6-7-20(2)18(21)14-8-13-9-15(22-3)4-5-16(13)23-10-14/h4-5,9,11,14H,6-8,10H2,1-3H3. The molecule has 1 aliphatic rings.